The van der Waals surface area contributed by atoms with E-state index < -0.39 is 0 Å². The first-order chi connectivity index (χ1) is 8.27. The van der Waals surface area contributed by atoms with Crippen molar-refractivity contribution < 1.29 is 14.3 Å². The number of aromatic nitrogens is 3. The van der Waals surface area contributed by atoms with Crippen molar-refractivity contribution in [1.29, 1.82) is 0 Å². The van der Waals surface area contributed by atoms with Gasteiger partial charge < -0.3 is 4.74 Å². The quantitative estimate of drug-likeness (QED) is 0.858. The van der Waals surface area contributed by atoms with Crippen molar-refractivity contribution in [3.63, 3.8) is 0 Å². The third kappa shape index (κ3) is 4.27. The first-order valence-electron chi connectivity index (χ1n) is 4.80. The fraction of sp³-hybridized carbons (Fsp3) is 0.182. The van der Waals surface area contributed by atoms with Gasteiger partial charge in [0.2, 0.25) is 0 Å². The summed E-state index contributed by atoms with van der Waals surface area (Å²) in [7, 11) is 0. The SMILES string of the molecule is Cc1ccccc1COc1cn[nH]n1.O=C=O. The zero-order valence-corrected chi connectivity index (χ0v) is 9.21. The Kier molecular flexibility index (Phi) is 5.13. The third-order valence-electron chi connectivity index (χ3n) is 2.03. The Bertz CT molecular complexity index is 476. The van der Waals surface area contributed by atoms with E-state index in [9.17, 15) is 0 Å². The summed E-state index contributed by atoms with van der Waals surface area (Å²) in [5, 5.41) is 9.95. The molecule has 0 spiro atoms. The highest BCUT2D eigenvalue weighted by Crippen LogP contribution is 2.10. The first kappa shape index (κ1) is 12.6. The van der Waals surface area contributed by atoms with E-state index in [0.717, 1.165) is 5.56 Å². The molecule has 0 atom stereocenters. The standard InChI is InChI=1S/C10H11N3O.CO2/c1-8-4-2-3-5-9(8)7-14-10-6-11-13-12-10;2-1-3/h2-6H,7H2,1H3,(H,11,12,13);. The van der Waals surface area contributed by atoms with Gasteiger partial charge in [-0.15, -0.1) is 5.10 Å². The van der Waals surface area contributed by atoms with Gasteiger partial charge in [0, 0.05) is 0 Å². The van der Waals surface area contributed by atoms with E-state index in [2.05, 4.69) is 28.4 Å². The molecule has 0 fully saturated rings. The van der Waals surface area contributed by atoms with Crippen LogP contribution in [-0.4, -0.2) is 21.6 Å². The minimum atomic E-state index is 0.250. The maximum atomic E-state index is 8.12. The molecule has 0 aliphatic heterocycles. The molecule has 6 heteroatoms. The second-order valence-corrected chi connectivity index (χ2v) is 3.11. The highest BCUT2D eigenvalue weighted by atomic mass is 16.5. The van der Waals surface area contributed by atoms with Gasteiger partial charge in [-0.2, -0.15) is 19.9 Å². The molecule has 2 rings (SSSR count). The van der Waals surface area contributed by atoms with Crippen molar-refractivity contribution in [3.05, 3.63) is 41.6 Å². The summed E-state index contributed by atoms with van der Waals surface area (Å²) in [6.45, 7) is 2.58. The summed E-state index contributed by atoms with van der Waals surface area (Å²) in [5.41, 5.74) is 2.38. The number of hydrogen-bond donors (Lipinski definition) is 1. The minimum absolute atomic E-state index is 0.250. The summed E-state index contributed by atoms with van der Waals surface area (Å²) < 4.78 is 5.41. The van der Waals surface area contributed by atoms with Gasteiger partial charge in [0.25, 0.3) is 5.88 Å². The monoisotopic (exact) mass is 233 g/mol. The Morgan fingerprint density at radius 1 is 1.35 bits per heavy atom. The largest absolute Gasteiger partial charge is 0.471 e. The van der Waals surface area contributed by atoms with Crippen LogP contribution in [0.15, 0.2) is 30.5 Å². The molecular formula is C11H11N3O3. The summed E-state index contributed by atoms with van der Waals surface area (Å²) >= 11 is 0. The maximum absolute atomic E-state index is 8.12. The van der Waals surface area contributed by atoms with Crippen molar-refractivity contribution in [3.8, 4) is 5.88 Å². The highest BCUT2D eigenvalue weighted by molar-refractivity contribution is 5.25. The molecule has 6 nitrogen and oxygen atoms in total. The van der Waals surface area contributed by atoms with Crippen molar-refractivity contribution in [2.24, 2.45) is 0 Å². The average molecular weight is 233 g/mol. The minimum Gasteiger partial charge on any atom is -0.471 e. The van der Waals surface area contributed by atoms with Crippen molar-refractivity contribution >= 4 is 6.15 Å². The normalized spacial score (nSPS) is 8.76. The predicted molar refractivity (Wildman–Crippen MR) is 56.9 cm³/mol. The van der Waals surface area contributed by atoms with Crippen molar-refractivity contribution in [1.82, 2.24) is 15.4 Å². The van der Waals surface area contributed by atoms with Crippen LogP contribution in [0, 0.1) is 6.92 Å². The molecule has 0 aliphatic rings. The molecule has 0 bridgehead atoms. The summed E-state index contributed by atoms with van der Waals surface area (Å²) in [5.74, 6) is 0.522. The Morgan fingerprint density at radius 3 is 2.65 bits per heavy atom. The van der Waals surface area contributed by atoms with Gasteiger partial charge in [0.15, 0.2) is 0 Å². The van der Waals surface area contributed by atoms with Gasteiger partial charge in [-0.3, -0.25) is 0 Å². The molecule has 0 unspecified atom stereocenters. The molecule has 1 heterocycles. The van der Waals surface area contributed by atoms with Crippen LogP contribution in [0.5, 0.6) is 5.88 Å². The number of hydrogen-bond acceptors (Lipinski definition) is 5. The zero-order valence-electron chi connectivity index (χ0n) is 9.21. The van der Waals surface area contributed by atoms with E-state index in [1.165, 1.54) is 5.56 Å². The summed E-state index contributed by atoms with van der Waals surface area (Å²) in [6.07, 6.45) is 1.80. The molecule has 1 N–H and O–H groups in total. The molecule has 17 heavy (non-hydrogen) atoms. The molecule has 1 aromatic carbocycles. The van der Waals surface area contributed by atoms with Gasteiger partial charge in [-0.05, 0) is 18.1 Å². The molecule has 0 aliphatic carbocycles. The van der Waals surface area contributed by atoms with Gasteiger partial charge in [-0.1, -0.05) is 24.3 Å². The fourth-order valence-corrected chi connectivity index (χ4v) is 1.18. The van der Waals surface area contributed by atoms with Crippen LogP contribution in [0.1, 0.15) is 11.1 Å². The lowest BCUT2D eigenvalue weighted by atomic mass is 10.1. The third-order valence-corrected chi connectivity index (χ3v) is 2.03. The highest BCUT2D eigenvalue weighted by Gasteiger charge is 1.99. The Morgan fingerprint density at radius 2 is 2.06 bits per heavy atom. The van der Waals surface area contributed by atoms with E-state index in [1.807, 2.05) is 18.2 Å². The van der Waals surface area contributed by atoms with E-state index in [0.29, 0.717) is 12.5 Å². The Balaban J connectivity index is 0.000000437. The number of aryl methyl sites for hydroxylation is 1. The second-order valence-electron chi connectivity index (χ2n) is 3.11. The molecule has 1 aromatic heterocycles. The number of H-pyrrole nitrogens is 1. The maximum Gasteiger partial charge on any atom is 0.373 e. The van der Waals surface area contributed by atoms with E-state index in [-0.39, 0.29) is 6.15 Å². The second kappa shape index (κ2) is 6.92. The number of ether oxygens (including phenoxy) is 1. The number of aromatic amines is 1. The van der Waals surface area contributed by atoms with Gasteiger partial charge in [-0.25, -0.2) is 0 Å². The predicted octanol–water partition coefficient (Wildman–Crippen LogP) is 1.11. The summed E-state index contributed by atoms with van der Waals surface area (Å²) in [4.78, 5) is 16.2. The molecule has 88 valence electrons. The van der Waals surface area contributed by atoms with Crippen LogP contribution in [0.2, 0.25) is 0 Å². The summed E-state index contributed by atoms with van der Waals surface area (Å²) in [6, 6.07) is 8.10. The van der Waals surface area contributed by atoms with Crippen molar-refractivity contribution in [2.45, 2.75) is 13.5 Å². The van der Waals surface area contributed by atoms with Crippen LogP contribution in [0.3, 0.4) is 0 Å². The molecule has 0 saturated carbocycles. The average Bonchev–Trinajstić information content (AvgIpc) is 2.82. The number of nitrogens with one attached hydrogen (secondary N) is 1. The van der Waals surface area contributed by atoms with Gasteiger partial charge >= 0.3 is 6.15 Å². The fourth-order valence-electron chi connectivity index (χ4n) is 1.18. The van der Waals surface area contributed by atoms with E-state index >= 15 is 0 Å². The Hall–Kier alpha value is -2.46. The number of benzene rings is 1. The number of carbonyl (C=O) groups excluding carboxylic acids is 2. The molecule has 2 aromatic rings. The van der Waals surface area contributed by atoms with Crippen LogP contribution >= 0.6 is 0 Å². The molecule has 0 radical (unpaired) electrons. The van der Waals surface area contributed by atoms with Gasteiger partial charge in [0.05, 0.1) is 0 Å². The van der Waals surface area contributed by atoms with Crippen LogP contribution in [-0.2, 0) is 16.2 Å². The van der Waals surface area contributed by atoms with E-state index in [1.54, 1.807) is 6.20 Å². The molecular weight excluding hydrogens is 222 g/mol. The lowest BCUT2D eigenvalue weighted by Crippen LogP contribution is -1.97. The van der Waals surface area contributed by atoms with Gasteiger partial charge in [0.1, 0.15) is 12.8 Å². The molecule has 0 amide bonds. The Labute approximate surface area is 97.6 Å². The number of rotatable bonds is 3. The first-order valence-corrected chi connectivity index (χ1v) is 4.80. The zero-order chi connectivity index (χ0) is 12.5. The van der Waals surface area contributed by atoms with E-state index in [4.69, 9.17) is 14.3 Å². The smallest absolute Gasteiger partial charge is 0.373 e. The van der Waals surface area contributed by atoms with Crippen LogP contribution in [0.25, 0.3) is 0 Å². The molecule has 0 saturated heterocycles. The topological polar surface area (TPSA) is 84.9 Å². The number of nitrogens with zero attached hydrogens (tertiary/aromatic N) is 2. The van der Waals surface area contributed by atoms with Crippen LogP contribution in [0.4, 0.5) is 0 Å². The lowest BCUT2D eigenvalue weighted by molar-refractivity contribution is -0.191. The lowest BCUT2D eigenvalue weighted by Gasteiger charge is -2.04. The van der Waals surface area contributed by atoms with Crippen LogP contribution < -0.4 is 4.74 Å². The van der Waals surface area contributed by atoms with Crippen molar-refractivity contribution in [2.75, 3.05) is 0 Å².